The molecule has 0 unspecified atom stereocenters. The van der Waals surface area contributed by atoms with E-state index in [1.54, 1.807) is 20.8 Å². The minimum atomic E-state index is -0.887. The number of ether oxygens (including phenoxy) is 2. The summed E-state index contributed by atoms with van der Waals surface area (Å²) in [6, 6.07) is 15.5. The average molecular weight is 588 g/mol. The van der Waals surface area contributed by atoms with Gasteiger partial charge in [-0.25, -0.2) is 4.79 Å². The Bertz CT molecular complexity index is 1400. The molecule has 2 saturated heterocycles. The average Bonchev–Trinajstić information content (AvgIpc) is 3.11. The topological polar surface area (TPSA) is 124 Å². The lowest BCUT2D eigenvalue weighted by atomic mass is 9.73. The second-order valence-corrected chi connectivity index (χ2v) is 12.8. The van der Waals surface area contributed by atoms with Gasteiger partial charge in [-0.2, -0.15) is 5.26 Å². The molecule has 2 N–H and O–H groups in total. The predicted molar refractivity (Wildman–Crippen MR) is 162 cm³/mol. The van der Waals surface area contributed by atoms with Gasteiger partial charge in [-0.15, -0.1) is 0 Å². The van der Waals surface area contributed by atoms with Crippen LogP contribution in [0.4, 0.5) is 10.5 Å². The minimum Gasteiger partial charge on any atom is -0.444 e. The molecule has 3 aliphatic heterocycles. The molecule has 2 aromatic rings. The number of nitrogens with one attached hydrogen (secondary N) is 2. The van der Waals surface area contributed by atoms with E-state index in [1.165, 1.54) is 4.90 Å². The van der Waals surface area contributed by atoms with Gasteiger partial charge in [0.05, 0.1) is 18.0 Å². The first-order valence-electron chi connectivity index (χ1n) is 15.0. The van der Waals surface area contributed by atoms with Crippen LogP contribution in [0.5, 0.6) is 0 Å². The van der Waals surface area contributed by atoms with Crippen LogP contribution in [0.15, 0.2) is 42.5 Å². The number of piperidine rings is 1. The third-order valence-electron chi connectivity index (χ3n) is 8.48. The number of nitriles is 1. The van der Waals surface area contributed by atoms with Crippen molar-refractivity contribution in [3.05, 3.63) is 53.6 Å². The van der Waals surface area contributed by atoms with E-state index in [2.05, 4.69) is 34.7 Å². The summed E-state index contributed by atoms with van der Waals surface area (Å²) in [5, 5.41) is 15.7. The van der Waals surface area contributed by atoms with Gasteiger partial charge in [0.2, 0.25) is 5.91 Å². The summed E-state index contributed by atoms with van der Waals surface area (Å²) in [6.07, 6.45) is 1.15. The van der Waals surface area contributed by atoms with Crippen LogP contribution in [-0.4, -0.2) is 85.3 Å². The smallest absolute Gasteiger partial charge is 0.410 e. The second-order valence-electron chi connectivity index (χ2n) is 12.8. The van der Waals surface area contributed by atoms with Gasteiger partial charge in [0.15, 0.2) is 6.10 Å². The standard InChI is InChI=1S/C33H41N5O5/c1-32(2,3)43-31(41)38-14-5-17-42-28(21-38)29(39)35-25(20-34)18-22-6-8-23(9-7-22)24-10-11-27-26(19-24)33(30(40)36-27)12-15-37(4)16-13-33/h6-11,19,25,28H,5,12-18,21H2,1-4H3,(H,35,39)(H,36,40)/t25-,28-/m0/s1. The SMILES string of the molecule is CN1CCC2(CC1)C(=O)Nc1ccc(-c3ccc(C[C@@H](C#N)NC(=O)[C@@H]4CN(C(=O)OC(C)(C)C)CCCO4)cc3)cc12. The Hall–Kier alpha value is -3.94. The van der Waals surface area contributed by atoms with Gasteiger partial charge in [0, 0.05) is 25.3 Å². The first-order valence-corrected chi connectivity index (χ1v) is 15.0. The van der Waals surface area contributed by atoms with Crippen LogP contribution in [0.1, 0.15) is 51.2 Å². The Balaban J connectivity index is 1.22. The lowest BCUT2D eigenvalue weighted by Crippen LogP contribution is -2.48. The van der Waals surface area contributed by atoms with Crippen LogP contribution in [0.25, 0.3) is 11.1 Å². The Labute approximate surface area is 253 Å². The Morgan fingerprint density at radius 1 is 1.14 bits per heavy atom. The Morgan fingerprint density at radius 2 is 1.84 bits per heavy atom. The highest BCUT2D eigenvalue weighted by Gasteiger charge is 2.48. The largest absolute Gasteiger partial charge is 0.444 e. The highest BCUT2D eigenvalue weighted by molar-refractivity contribution is 6.06. The number of rotatable bonds is 5. The summed E-state index contributed by atoms with van der Waals surface area (Å²) >= 11 is 0. The third-order valence-corrected chi connectivity index (χ3v) is 8.48. The molecule has 10 nitrogen and oxygen atoms in total. The lowest BCUT2D eigenvalue weighted by molar-refractivity contribution is -0.133. The summed E-state index contributed by atoms with van der Waals surface area (Å²) in [5.41, 5.74) is 3.80. The van der Waals surface area contributed by atoms with Crippen molar-refractivity contribution in [1.82, 2.24) is 15.1 Å². The number of benzene rings is 2. The number of likely N-dealkylation sites (tertiary alicyclic amines) is 1. The molecule has 0 saturated carbocycles. The number of carbonyl (C=O) groups excluding carboxylic acids is 3. The zero-order chi connectivity index (χ0) is 30.8. The van der Waals surface area contributed by atoms with Gasteiger partial charge >= 0.3 is 6.09 Å². The first-order chi connectivity index (χ1) is 20.5. The van der Waals surface area contributed by atoms with Crippen LogP contribution < -0.4 is 10.6 Å². The van der Waals surface area contributed by atoms with Gasteiger partial charge in [-0.1, -0.05) is 30.3 Å². The van der Waals surface area contributed by atoms with Crippen LogP contribution in [0.2, 0.25) is 0 Å². The van der Waals surface area contributed by atoms with Crippen molar-refractivity contribution in [3.8, 4) is 17.2 Å². The minimum absolute atomic E-state index is 0.0630. The number of anilines is 1. The molecule has 10 heteroatoms. The van der Waals surface area contributed by atoms with Gasteiger partial charge in [0.25, 0.3) is 5.91 Å². The highest BCUT2D eigenvalue weighted by Crippen LogP contribution is 2.46. The van der Waals surface area contributed by atoms with Crippen LogP contribution in [-0.2, 0) is 30.9 Å². The molecule has 0 radical (unpaired) electrons. The molecular formula is C33H41N5O5. The van der Waals surface area contributed by atoms with Crippen molar-refractivity contribution in [3.63, 3.8) is 0 Å². The van der Waals surface area contributed by atoms with Crippen molar-refractivity contribution in [1.29, 1.82) is 5.26 Å². The van der Waals surface area contributed by atoms with E-state index in [9.17, 15) is 19.6 Å². The molecule has 43 heavy (non-hydrogen) atoms. The summed E-state index contributed by atoms with van der Waals surface area (Å²) in [4.78, 5) is 42.4. The fraction of sp³-hybridized carbons (Fsp3) is 0.515. The lowest BCUT2D eigenvalue weighted by Gasteiger charge is -2.36. The number of carbonyl (C=O) groups is 3. The third kappa shape index (κ3) is 6.84. The fourth-order valence-electron chi connectivity index (χ4n) is 6.03. The van der Waals surface area contributed by atoms with E-state index in [1.807, 2.05) is 36.4 Å². The van der Waals surface area contributed by atoms with E-state index in [0.717, 1.165) is 53.9 Å². The molecule has 1 spiro atoms. The molecule has 3 heterocycles. The number of nitrogens with zero attached hydrogens (tertiary/aromatic N) is 3. The van der Waals surface area contributed by atoms with Crippen LogP contribution in [0, 0.1) is 11.3 Å². The van der Waals surface area contributed by atoms with Crippen LogP contribution >= 0.6 is 0 Å². The fourth-order valence-corrected chi connectivity index (χ4v) is 6.03. The molecule has 5 rings (SSSR count). The molecule has 228 valence electrons. The highest BCUT2D eigenvalue weighted by atomic mass is 16.6. The zero-order valence-electron chi connectivity index (χ0n) is 25.4. The number of hydrogen-bond acceptors (Lipinski definition) is 7. The number of amides is 3. The maximum absolute atomic E-state index is 13.1. The van der Waals surface area contributed by atoms with E-state index in [0.29, 0.717) is 26.0 Å². The molecule has 3 aliphatic rings. The summed E-state index contributed by atoms with van der Waals surface area (Å²) in [5.74, 6) is -0.331. The van der Waals surface area contributed by atoms with Gasteiger partial charge in [-0.05, 0) is 94.6 Å². The van der Waals surface area contributed by atoms with Crippen LogP contribution in [0.3, 0.4) is 0 Å². The van der Waals surface area contributed by atoms with E-state index < -0.39 is 35.2 Å². The number of hydrogen-bond donors (Lipinski definition) is 2. The van der Waals surface area contributed by atoms with Crippen molar-refractivity contribution in [2.24, 2.45) is 0 Å². The Morgan fingerprint density at radius 3 is 2.51 bits per heavy atom. The van der Waals surface area contributed by atoms with Crippen molar-refractivity contribution in [2.45, 2.75) is 69.6 Å². The van der Waals surface area contributed by atoms with Gasteiger partial charge in [0.1, 0.15) is 11.6 Å². The Kier molecular flexibility index (Phi) is 8.76. The van der Waals surface area contributed by atoms with Gasteiger partial charge in [-0.3, -0.25) is 9.59 Å². The second kappa shape index (κ2) is 12.3. The van der Waals surface area contributed by atoms with Gasteiger partial charge < -0.3 is 29.9 Å². The molecule has 0 bridgehead atoms. The normalized spacial score (nSPS) is 20.9. The molecule has 3 amide bonds. The van der Waals surface area contributed by atoms with E-state index >= 15 is 0 Å². The molecule has 2 fully saturated rings. The number of fused-ring (bicyclic) bond motifs is 2. The monoisotopic (exact) mass is 587 g/mol. The molecule has 0 aromatic heterocycles. The summed E-state index contributed by atoms with van der Waals surface area (Å²) < 4.78 is 11.2. The first kappa shape index (κ1) is 30.5. The van der Waals surface area contributed by atoms with Crippen molar-refractivity contribution < 1.29 is 23.9 Å². The molecule has 0 aliphatic carbocycles. The van der Waals surface area contributed by atoms with Crippen molar-refractivity contribution in [2.75, 3.05) is 45.2 Å². The summed E-state index contributed by atoms with van der Waals surface area (Å²) in [7, 11) is 2.09. The quantitative estimate of drug-likeness (QED) is 0.545. The molecule has 2 aromatic carbocycles. The molecule has 2 atom stereocenters. The maximum atomic E-state index is 13.1. The van der Waals surface area contributed by atoms with E-state index in [-0.39, 0.29) is 12.5 Å². The summed E-state index contributed by atoms with van der Waals surface area (Å²) in [6.45, 7) is 7.99. The predicted octanol–water partition coefficient (Wildman–Crippen LogP) is 3.85. The van der Waals surface area contributed by atoms with Crippen molar-refractivity contribution >= 4 is 23.6 Å². The maximum Gasteiger partial charge on any atom is 0.410 e. The van der Waals surface area contributed by atoms with E-state index in [4.69, 9.17) is 9.47 Å². The zero-order valence-corrected chi connectivity index (χ0v) is 25.4. The molecular weight excluding hydrogens is 546 g/mol.